The van der Waals surface area contributed by atoms with Crippen molar-refractivity contribution in [3.8, 4) is 0 Å². The van der Waals surface area contributed by atoms with E-state index in [4.69, 9.17) is 0 Å². The Morgan fingerprint density at radius 2 is 1.86 bits per heavy atom. The quantitative estimate of drug-likeness (QED) is 0.894. The fraction of sp³-hybridized carbons (Fsp3) is 0.368. The standard InChI is InChI=1S/C19H24N2/c1-14-12-21-13-16(10-15-6-4-3-5-7-15)18-9-8-17(20-2)11-19(14)18/h3-9,11,14,16,20-21H,10,12-13H2,1-2H3/t14?,16-/m1/s1. The maximum Gasteiger partial charge on any atom is 0.0340 e. The third kappa shape index (κ3) is 3.11. The van der Waals surface area contributed by atoms with Crippen LogP contribution in [0.25, 0.3) is 0 Å². The maximum absolute atomic E-state index is 3.63. The molecule has 0 saturated carbocycles. The molecule has 1 heterocycles. The van der Waals surface area contributed by atoms with E-state index >= 15 is 0 Å². The maximum atomic E-state index is 3.63. The van der Waals surface area contributed by atoms with Gasteiger partial charge in [0.1, 0.15) is 0 Å². The molecule has 2 aromatic carbocycles. The molecule has 0 fully saturated rings. The predicted octanol–water partition coefficient (Wildman–Crippen LogP) is 3.76. The van der Waals surface area contributed by atoms with Gasteiger partial charge in [0.2, 0.25) is 0 Å². The van der Waals surface area contributed by atoms with Crippen LogP contribution in [0, 0.1) is 0 Å². The average Bonchev–Trinajstić information content (AvgIpc) is 2.68. The molecule has 2 N–H and O–H groups in total. The molecule has 2 atom stereocenters. The molecular weight excluding hydrogens is 256 g/mol. The molecule has 0 aromatic heterocycles. The molecule has 0 radical (unpaired) electrons. The third-order valence-electron chi connectivity index (χ3n) is 4.51. The summed E-state index contributed by atoms with van der Waals surface area (Å²) in [5.74, 6) is 1.12. The molecule has 0 spiro atoms. The molecule has 1 unspecified atom stereocenters. The lowest BCUT2D eigenvalue weighted by atomic mass is 9.86. The normalized spacial score (nSPS) is 21.4. The van der Waals surface area contributed by atoms with Gasteiger partial charge >= 0.3 is 0 Å². The van der Waals surface area contributed by atoms with Gasteiger partial charge in [0.25, 0.3) is 0 Å². The van der Waals surface area contributed by atoms with Crippen molar-refractivity contribution in [3.05, 3.63) is 65.2 Å². The van der Waals surface area contributed by atoms with Gasteiger partial charge in [-0.1, -0.05) is 43.3 Å². The van der Waals surface area contributed by atoms with Crippen molar-refractivity contribution >= 4 is 5.69 Å². The van der Waals surface area contributed by atoms with Crippen LogP contribution in [0.4, 0.5) is 5.69 Å². The Morgan fingerprint density at radius 3 is 2.62 bits per heavy atom. The summed E-state index contributed by atoms with van der Waals surface area (Å²) in [4.78, 5) is 0. The Kier molecular flexibility index (Phi) is 4.26. The minimum absolute atomic E-state index is 0.554. The highest BCUT2D eigenvalue weighted by Gasteiger charge is 2.22. The SMILES string of the molecule is CNc1ccc2c(c1)C(C)CNC[C@H]2Cc1ccccc1. The van der Waals surface area contributed by atoms with Crippen LogP contribution in [-0.4, -0.2) is 20.1 Å². The van der Waals surface area contributed by atoms with E-state index in [1.807, 2.05) is 7.05 Å². The summed E-state index contributed by atoms with van der Waals surface area (Å²) in [7, 11) is 1.99. The van der Waals surface area contributed by atoms with Gasteiger partial charge in [0.05, 0.1) is 0 Å². The Labute approximate surface area is 127 Å². The van der Waals surface area contributed by atoms with E-state index < -0.39 is 0 Å². The second-order valence-corrected chi connectivity index (χ2v) is 6.04. The first-order valence-corrected chi connectivity index (χ1v) is 7.84. The van der Waals surface area contributed by atoms with Crippen molar-refractivity contribution in [2.75, 3.05) is 25.5 Å². The number of anilines is 1. The zero-order valence-electron chi connectivity index (χ0n) is 12.9. The number of rotatable bonds is 3. The minimum atomic E-state index is 0.554. The number of benzene rings is 2. The van der Waals surface area contributed by atoms with Gasteiger partial charge in [0, 0.05) is 31.7 Å². The van der Waals surface area contributed by atoms with Gasteiger partial charge in [-0.15, -0.1) is 0 Å². The molecule has 21 heavy (non-hydrogen) atoms. The van der Waals surface area contributed by atoms with Gasteiger partial charge < -0.3 is 10.6 Å². The average molecular weight is 280 g/mol. The highest BCUT2D eigenvalue weighted by Crippen LogP contribution is 2.32. The zero-order valence-corrected chi connectivity index (χ0v) is 12.9. The van der Waals surface area contributed by atoms with Gasteiger partial charge in [-0.25, -0.2) is 0 Å². The van der Waals surface area contributed by atoms with E-state index in [0.717, 1.165) is 19.5 Å². The Balaban J connectivity index is 1.94. The molecule has 2 heteroatoms. The summed E-state index contributed by atoms with van der Waals surface area (Å²) in [5.41, 5.74) is 5.63. The van der Waals surface area contributed by atoms with Crippen LogP contribution in [0.1, 0.15) is 35.4 Å². The first-order chi connectivity index (χ1) is 10.3. The second-order valence-electron chi connectivity index (χ2n) is 6.04. The van der Waals surface area contributed by atoms with Crippen LogP contribution < -0.4 is 10.6 Å². The summed E-state index contributed by atoms with van der Waals surface area (Å²) in [6.07, 6.45) is 1.10. The van der Waals surface area contributed by atoms with Crippen molar-refractivity contribution in [2.45, 2.75) is 25.2 Å². The minimum Gasteiger partial charge on any atom is -0.388 e. The zero-order chi connectivity index (χ0) is 14.7. The summed E-state index contributed by atoms with van der Waals surface area (Å²) < 4.78 is 0. The largest absolute Gasteiger partial charge is 0.388 e. The van der Waals surface area contributed by atoms with Crippen LogP contribution in [0.5, 0.6) is 0 Å². The van der Waals surface area contributed by atoms with Crippen LogP contribution in [0.2, 0.25) is 0 Å². The summed E-state index contributed by atoms with van der Waals surface area (Å²) in [5, 5.41) is 6.89. The number of nitrogens with one attached hydrogen (secondary N) is 2. The van der Waals surface area contributed by atoms with Crippen molar-refractivity contribution in [1.29, 1.82) is 0 Å². The first-order valence-electron chi connectivity index (χ1n) is 7.84. The molecule has 110 valence electrons. The lowest BCUT2D eigenvalue weighted by molar-refractivity contribution is 0.585. The molecule has 0 amide bonds. The van der Waals surface area contributed by atoms with Gasteiger partial charge in [0.15, 0.2) is 0 Å². The van der Waals surface area contributed by atoms with E-state index in [0.29, 0.717) is 11.8 Å². The highest BCUT2D eigenvalue weighted by molar-refractivity contribution is 5.51. The Morgan fingerprint density at radius 1 is 1.05 bits per heavy atom. The summed E-state index contributed by atoms with van der Waals surface area (Å²) >= 11 is 0. The molecule has 1 aliphatic rings. The first kappa shape index (κ1) is 14.2. The lowest BCUT2D eigenvalue weighted by Gasteiger charge is -2.20. The van der Waals surface area contributed by atoms with Crippen molar-refractivity contribution in [1.82, 2.24) is 5.32 Å². The van der Waals surface area contributed by atoms with Gasteiger partial charge in [-0.2, -0.15) is 0 Å². The van der Waals surface area contributed by atoms with Gasteiger partial charge in [-0.3, -0.25) is 0 Å². The fourth-order valence-electron chi connectivity index (χ4n) is 3.30. The smallest absolute Gasteiger partial charge is 0.0340 e. The van der Waals surface area contributed by atoms with Crippen molar-refractivity contribution in [2.24, 2.45) is 0 Å². The van der Waals surface area contributed by atoms with Crippen molar-refractivity contribution < 1.29 is 0 Å². The van der Waals surface area contributed by atoms with Crippen molar-refractivity contribution in [3.63, 3.8) is 0 Å². The molecular formula is C19H24N2. The molecule has 2 nitrogen and oxygen atoms in total. The van der Waals surface area contributed by atoms with E-state index in [1.165, 1.54) is 22.4 Å². The molecule has 3 rings (SSSR count). The molecule has 1 aliphatic heterocycles. The second kappa shape index (κ2) is 6.31. The van der Waals surface area contributed by atoms with E-state index in [2.05, 4.69) is 66.1 Å². The Hall–Kier alpha value is -1.80. The van der Waals surface area contributed by atoms with E-state index in [1.54, 1.807) is 0 Å². The number of hydrogen-bond acceptors (Lipinski definition) is 2. The summed E-state index contributed by atoms with van der Waals surface area (Å²) in [6, 6.07) is 17.7. The summed E-state index contributed by atoms with van der Waals surface area (Å²) in [6.45, 7) is 4.44. The number of hydrogen-bond donors (Lipinski definition) is 2. The Bertz CT molecular complexity index is 592. The molecule has 0 bridgehead atoms. The van der Waals surface area contributed by atoms with Gasteiger partial charge in [-0.05, 0) is 41.2 Å². The topological polar surface area (TPSA) is 24.1 Å². The highest BCUT2D eigenvalue weighted by atomic mass is 14.9. The van der Waals surface area contributed by atoms with Crippen LogP contribution >= 0.6 is 0 Å². The molecule has 0 aliphatic carbocycles. The van der Waals surface area contributed by atoms with Crippen LogP contribution in [-0.2, 0) is 6.42 Å². The molecule has 0 saturated heterocycles. The predicted molar refractivity (Wildman–Crippen MR) is 90.2 cm³/mol. The van der Waals surface area contributed by atoms with Crippen LogP contribution in [0.3, 0.4) is 0 Å². The fourth-order valence-corrected chi connectivity index (χ4v) is 3.30. The van der Waals surface area contributed by atoms with Crippen LogP contribution in [0.15, 0.2) is 48.5 Å². The molecule has 2 aromatic rings. The third-order valence-corrected chi connectivity index (χ3v) is 4.51. The lowest BCUT2D eigenvalue weighted by Crippen LogP contribution is -2.22. The number of fused-ring (bicyclic) bond motifs is 1. The van der Waals surface area contributed by atoms with E-state index in [9.17, 15) is 0 Å². The monoisotopic (exact) mass is 280 g/mol. The van der Waals surface area contributed by atoms with E-state index in [-0.39, 0.29) is 0 Å².